The minimum atomic E-state index is -4.51. The van der Waals surface area contributed by atoms with Crippen LogP contribution in [0.1, 0.15) is 4.88 Å². The molecule has 0 amide bonds. The molecule has 0 saturated heterocycles. The summed E-state index contributed by atoms with van der Waals surface area (Å²) in [6.45, 7) is 0.144. The van der Waals surface area contributed by atoms with E-state index < -0.39 is 15.2 Å². The van der Waals surface area contributed by atoms with Gasteiger partial charge in [0.25, 0.3) is 0 Å². The van der Waals surface area contributed by atoms with Crippen molar-refractivity contribution >= 4 is 36.5 Å². The quantitative estimate of drug-likeness (QED) is 0.453. The van der Waals surface area contributed by atoms with Gasteiger partial charge in [-0.15, -0.1) is 11.3 Å². The Hall–Kier alpha value is -0.0400. The van der Waals surface area contributed by atoms with Crippen molar-refractivity contribution in [3.8, 4) is 0 Å². The predicted molar refractivity (Wildman–Crippen MR) is 60.4 cm³/mol. The largest absolute Gasteiger partial charge is 0.366 e. The number of nitrogens with one attached hydrogen (secondary N) is 1. The molecule has 0 aromatic carbocycles. The van der Waals surface area contributed by atoms with E-state index in [0.29, 0.717) is 11.3 Å². The van der Waals surface area contributed by atoms with Crippen molar-refractivity contribution in [1.29, 1.82) is 0 Å². The lowest BCUT2D eigenvalue weighted by Gasteiger charge is -2.03. The Morgan fingerprint density at radius 2 is 1.81 bits per heavy atom. The van der Waals surface area contributed by atoms with Crippen molar-refractivity contribution < 1.29 is 28.7 Å². The molecule has 1 aromatic rings. The van der Waals surface area contributed by atoms with Crippen LogP contribution in [-0.4, -0.2) is 26.6 Å². The molecular weight excluding hydrogens is 276 g/mol. The molecule has 0 aliphatic rings. The fourth-order valence-electron chi connectivity index (χ4n) is 1.08. The van der Waals surface area contributed by atoms with Gasteiger partial charge in [0.15, 0.2) is 0 Å². The van der Waals surface area contributed by atoms with E-state index in [2.05, 4.69) is 5.32 Å². The Morgan fingerprint density at radius 3 is 2.19 bits per heavy atom. The minimum absolute atomic E-state index is 0.144. The number of hydrogen-bond acceptors (Lipinski definition) is 4. The van der Waals surface area contributed by atoms with Gasteiger partial charge in [0.2, 0.25) is 0 Å². The molecule has 0 atom stereocenters. The molecule has 10 heteroatoms. The van der Waals surface area contributed by atoms with E-state index in [1.165, 1.54) is 0 Å². The van der Waals surface area contributed by atoms with Crippen molar-refractivity contribution in [3.05, 3.63) is 10.9 Å². The highest BCUT2D eigenvalue weighted by Gasteiger charge is 2.29. The van der Waals surface area contributed by atoms with Crippen LogP contribution in [0.15, 0.2) is 6.07 Å². The lowest BCUT2D eigenvalue weighted by molar-refractivity contribution is 0.386. The average molecular weight is 287 g/mol. The molecule has 0 aliphatic heterocycles. The van der Waals surface area contributed by atoms with Crippen molar-refractivity contribution in [2.75, 3.05) is 7.05 Å². The molecule has 0 aliphatic carbocycles. The normalized spacial score (nSPS) is 13.1. The van der Waals surface area contributed by atoms with Gasteiger partial charge in [0, 0.05) is 11.4 Å². The van der Waals surface area contributed by atoms with Crippen LogP contribution in [-0.2, 0) is 15.7 Å². The van der Waals surface area contributed by atoms with E-state index in [1.54, 1.807) is 7.05 Å². The van der Waals surface area contributed by atoms with Gasteiger partial charge in [-0.25, -0.2) is 0 Å². The van der Waals surface area contributed by atoms with Crippen LogP contribution in [0.5, 0.6) is 0 Å². The van der Waals surface area contributed by atoms with E-state index in [9.17, 15) is 9.13 Å². The van der Waals surface area contributed by atoms with Crippen LogP contribution in [0, 0.1) is 0 Å². The van der Waals surface area contributed by atoms with E-state index in [4.69, 9.17) is 19.6 Å². The highest BCUT2D eigenvalue weighted by molar-refractivity contribution is 7.68. The van der Waals surface area contributed by atoms with Gasteiger partial charge in [-0.3, -0.25) is 9.13 Å². The third-order valence-corrected chi connectivity index (χ3v) is 5.52. The zero-order valence-electron chi connectivity index (χ0n) is 8.19. The maximum atomic E-state index is 11.1. The molecule has 5 N–H and O–H groups in total. The number of thiophene rings is 1. The Balaban J connectivity index is 3.32. The number of rotatable bonds is 4. The van der Waals surface area contributed by atoms with Gasteiger partial charge in [-0.2, -0.15) is 0 Å². The van der Waals surface area contributed by atoms with Crippen molar-refractivity contribution in [2.45, 2.75) is 6.54 Å². The fraction of sp³-hybridized carbons (Fsp3) is 0.333. The van der Waals surface area contributed by atoms with Gasteiger partial charge >= 0.3 is 15.2 Å². The van der Waals surface area contributed by atoms with Crippen molar-refractivity contribution in [2.24, 2.45) is 0 Å². The summed E-state index contributed by atoms with van der Waals surface area (Å²) >= 11 is 0.700. The Kier molecular flexibility index (Phi) is 4.10. The Labute approximate surface area is 95.5 Å². The van der Waals surface area contributed by atoms with Gasteiger partial charge in [-0.05, 0) is 13.1 Å². The third-order valence-electron chi connectivity index (χ3n) is 1.71. The summed E-state index contributed by atoms with van der Waals surface area (Å²) in [5.41, 5.74) is 0. The first-order chi connectivity index (χ1) is 7.16. The summed E-state index contributed by atoms with van der Waals surface area (Å²) in [6.07, 6.45) is 0. The second kappa shape index (κ2) is 4.68. The Morgan fingerprint density at radius 1 is 1.25 bits per heavy atom. The zero-order valence-corrected chi connectivity index (χ0v) is 10.8. The molecule has 0 radical (unpaired) electrons. The van der Waals surface area contributed by atoms with Crippen LogP contribution in [0.2, 0.25) is 0 Å². The second-order valence-electron chi connectivity index (χ2n) is 3.01. The van der Waals surface area contributed by atoms with E-state index in [0.717, 1.165) is 6.07 Å². The molecule has 1 heterocycles. The molecule has 92 valence electrons. The number of hydrogen-bond donors (Lipinski definition) is 5. The maximum absolute atomic E-state index is 11.1. The molecule has 0 bridgehead atoms. The standard InChI is InChI=1S/C6H11NO6P2S/c1-7-3-5-4(14(8,9)10)2-6(16-5)15(11,12)13/h2,7H,3H2,1H3,(H2,8,9,10)(H2,11,12,13). The molecule has 7 nitrogen and oxygen atoms in total. The van der Waals surface area contributed by atoms with Crippen molar-refractivity contribution in [1.82, 2.24) is 5.32 Å². The van der Waals surface area contributed by atoms with E-state index in [-0.39, 0.29) is 21.3 Å². The SMILES string of the molecule is CNCc1sc(P(=O)(O)O)cc1P(=O)(O)O. The molecule has 1 aromatic heterocycles. The summed E-state index contributed by atoms with van der Waals surface area (Å²) in [5, 5.41) is 2.35. The van der Waals surface area contributed by atoms with Gasteiger partial charge in [0.1, 0.15) is 4.62 Å². The highest BCUT2D eigenvalue weighted by Crippen LogP contribution is 2.41. The molecule has 0 saturated carbocycles. The highest BCUT2D eigenvalue weighted by atomic mass is 32.1. The molecule has 1 rings (SSSR count). The monoisotopic (exact) mass is 287 g/mol. The summed E-state index contributed by atoms with van der Waals surface area (Å²) in [4.78, 5) is 36.1. The second-order valence-corrected chi connectivity index (χ2v) is 7.59. The van der Waals surface area contributed by atoms with Crippen molar-refractivity contribution in [3.63, 3.8) is 0 Å². The molecule has 0 unspecified atom stereocenters. The van der Waals surface area contributed by atoms with Crippen LogP contribution in [0.25, 0.3) is 0 Å². The first kappa shape index (κ1) is 14.0. The zero-order chi connectivity index (χ0) is 12.6. The smallest absolute Gasteiger partial charge is 0.321 e. The maximum Gasteiger partial charge on any atom is 0.366 e. The summed E-state index contributed by atoms with van der Waals surface area (Å²) < 4.78 is 21.7. The van der Waals surface area contributed by atoms with Gasteiger partial charge < -0.3 is 24.9 Å². The average Bonchev–Trinajstić information content (AvgIpc) is 2.46. The fourth-order valence-corrected chi connectivity index (χ4v) is 4.38. The van der Waals surface area contributed by atoms with Crippen LogP contribution in [0.4, 0.5) is 0 Å². The van der Waals surface area contributed by atoms with E-state index in [1.807, 2.05) is 0 Å². The summed E-state index contributed by atoms with van der Waals surface area (Å²) in [7, 11) is -7.41. The minimum Gasteiger partial charge on any atom is -0.321 e. The first-order valence-corrected chi connectivity index (χ1v) is 8.10. The lowest BCUT2D eigenvalue weighted by Crippen LogP contribution is -2.13. The van der Waals surface area contributed by atoms with Crippen LogP contribution < -0.4 is 15.2 Å². The summed E-state index contributed by atoms with van der Waals surface area (Å²) in [5.74, 6) is 0. The molecular formula is C6H11NO6P2S. The third kappa shape index (κ3) is 3.23. The van der Waals surface area contributed by atoms with Gasteiger partial charge in [-0.1, -0.05) is 0 Å². The topological polar surface area (TPSA) is 127 Å². The first-order valence-electron chi connectivity index (χ1n) is 4.06. The molecule has 0 spiro atoms. The van der Waals surface area contributed by atoms with E-state index >= 15 is 0 Å². The molecule has 16 heavy (non-hydrogen) atoms. The Bertz CT molecular complexity index is 473. The van der Waals surface area contributed by atoms with Crippen LogP contribution >= 0.6 is 26.5 Å². The lowest BCUT2D eigenvalue weighted by atomic mass is 10.5. The van der Waals surface area contributed by atoms with Crippen LogP contribution in [0.3, 0.4) is 0 Å². The molecule has 0 fully saturated rings. The summed E-state index contributed by atoms with van der Waals surface area (Å²) in [6, 6.07) is 0.874. The predicted octanol–water partition coefficient (Wildman–Crippen LogP) is -0.927. The van der Waals surface area contributed by atoms with Gasteiger partial charge in [0.05, 0.1) is 5.30 Å².